The lowest BCUT2D eigenvalue weighted by Crippen LogP contribution is -2.48. The fraction of sp³-hybridized carbons (Fsp3) is 0.371. The average molecular weight is 645 g/mol. The van der Waals surface area contributed by atoms with Gasteiger partial charge in [-0.15, -0.1) is 0 Å². The molecule has 0 fully saturated rings. The second-order valence-corrected chi connectivity index (χ2v) is 13.1. The number of carbonyl (C=O) groups is 1. The van der Waals surface area contributed by atoms with E-state index in [-0.39, 0.29) is 17.4 Å². The molecule has 1 aliphatic rings. The smallest absolute Gasteiger partial charge is 0.411 e. The van der Waals surface area contributed by atoms with Crippen LogP contribution in [0.1, 0.15) is 75.9 Å². The Morgan fingerprint density at radius 1 is 1.06 bits per heavy atom. The van der Waals surface area contributed by atoms with Crippen LogP contribution in [-0.2, 0) is 11.2 Å². The number of fused-ring (bicyclic) bond motifs is 1. The van der Waals surface area contributed by atoms with Crippen LogP contribution in [0.5, 0.6) is 0 Å². The topological polar surface area (TPSA) is 100 Å². The van der Waals surface area contributed by atoms with Crippen molar-refractivity contribution in [1.82, 2.24) is 29.0 Å². The first-order chi connectivity index (χ1) is 22.3. The maximum atomic E-state index is 15.3. The maximum absolute atomic E-state index is 15.3. The van der Waals surface area contributed by atoms with Crippen molar-refractivity contribution in [1.29, 1.82) is 0 Å². The van der Waals surface area contributed by atoms with Gasteiger partial charge in [-0.3, -0.25) is 14.0 Å². The van der Waals surface area contributed by atoms with E-state index in [1.165, 1.54) is 27.7 Å². The first kappa shape index (κ1) is 32.0. The van der Waals surface area contributed by atoms with Gasteiger partial charge >= 0.3 is 11.8 Å². The van der Waals surface area contributed by atoms with Gasteiger partial charge in [-0.05, 0) is 89.4 Å². The van der Waals surface area contributed by atoms with Crippen LogP contribution in [0, 0.1) is 25.5 Å². The number of aromatic nitrogens is 5. The van der Waals surface area contributed by atoms with Gasteiger partial charge in [0.25, 0.3) is 0 Å². The summed E-state index contributed by atoms with van der Waals surface area (Å²) >= 11 is 0. The highest BCUT2D eigenvalue weighted by molar-refractivity contribution is 5.71. The summed E-state index contributed by atoms with van der Waals surface area (Å²) in [6.45, 7) is 12.8. The van der Waals surface area contributed by atoms with Gasteiger partial charge in [0.05, 0.1) is 29.3 Å². The number of hydrogen-bond donors (Lipinski definition) is 0. The Bertz CT molecular complexity index is 1990. The monoisotopic (exact) mass is 644 g/mol. The number of carbonyl (C=O) groups excluding carboxylic acids is 1. The van der Waals surface area contributed by atoms with Gasteiger partial charge in [0.2, 0.25) is 0 Å². The van der Waals surface area contributed by atoms with Gasteiger partial charge < -0.3 is 9.26 Å². The Kier molecular flexibility index (Phi) is 8.15. The summed E-state index contributed by atoms with van der Waals surface area (Å²) in [4.78, 5) is 29.7. The molecule has 2 aromatic carbocycles. The fourth-order valence-electron chi connectivity index (χ4n) is 6.38. The van der Waals surface area contributed by atoms with Crippen LogP contribution in [0.15, 0.2) is 64.5 Å². The molecule has 4 heterocycles. The summed E-state index contributed by atoms with van der Waals surface area (Å²) in [5, 5.41) is 8.66. The van der Waals surface area contributed by atoms with Gasteiger partial charge in [-0.25, -0.2) is 23.1 Å². The number of benzene rings is 2. The molecule has 0 radical (unpaired) electrons. The zero-order chi connectivity index (χ0) is 33.8. The molecule has 10 nitrogen and oxygen atoms in total. The van der Waals surface area contributed by atoms with Crippen molar-refractivity contribution in [2.24, 2.45) is 0 Å². The zero-order valence-electron chi connectivity index (χ0n) is 27.5. The average Bonchev–Trinajstić information content (AvgIpc) is 3.74. The molecule has 2 atom stereocenters. The lowest BCUT2D eigenvalue weighted by atomic mass is 9.91. The Morgan fingerprint density at radius 2 is 1.77 bits per heavy atom. The minimum Gasteiger partial charge on any atom is -0.444 e. The second-order valence-electron chi connectivity index (χ2n) is 13.1. The van der Waals surface area contributed by atoms with Crippen LogP contribution in [0.4, 0.5) is 13.6 Å². The Balaban J connectivity index is 1.56. The van der Waals surface area contributed by atoms with E-state index >= 15 is 4.39 Å². The number of imidazole rings is 1. The minimum absolute atomic E-state index is 0.241. The van der Waals surface area contributed by atoms with Crippen LogP contribution in [0.25, 0.3) is 28.3 Å². The van der Waals surface area contributed by atoms with Crippen molar-refractivity contribution in [2.45, 2.75) is 85.4 Å². The molecule has 0 bridgehead atoms. The molecule has 0 saturated heterocycles. The maximum Gasteiger partial charge on any atom is 0.411 e. The molecule has 12 heteroatoms. The van der Waals surface area contributed by atoms with E-state index < -0.39 is 29.2 Å². The predicted molar refractivity (Wildman–Crippen MR) is 172 cm³/mol. The molecule has 47 heavy (non-hydrogen) atoms. The first-order valence-corrected chi connectivity index (χ1v) is 15.7. The van der Waals surface area contributed by atoms with Crippen LogP contribution in [0.3, 0.4) is 0 Å². The molecule has 246 valence electrons. The molecule has 0 saturated carbocycles. The minimum atomic E-state index is -0.711. The second kappa shape index (κ2) is 12.0. The molecule has 6 rings (SSSR count). The Morgan fingerprint density at radius 3 is 2.38 bits per heavy atom. The zero-order valence-corrected chi connectivity index (χ0v) is 27.5. The fourth-order valence-corrected chi connectivity index (χ4v) is 6.38. The highest BCUT2D eigenvalue weighted by Crippen LogP contribution is 2.41. The molecular formula is C35H38F2N6O4. The van der Waals surface area contributed by atoms with E-state index in [2.05, 4.69) is 5.16 Å². The van der Waals surface area contributed by atoms with Gasteiger partial charge in [0, 0.05) is 41.5 Å². The molecule has 3 aromatic heterocycles. The van der Waals surface area contributed by atoms with Crippen molar-refractivity contribution < 1.29 is 22.8 Å². The largest absolute Gasteiger partial charge is 0.444 e. The van der Waals surface area contributed by atoms with Crippen molar-refractivity contribution in [3.05, 3.63) is 99.7 Å². The standard InChI is InChI=1S/C35H38F2N6O4/c1-8-9-29-30-28(16-22(4)42(29)34(45)47-35(5,6)7)39-43(25-14-20(2)31(37)21(3)15-25)32(30)41-13-12-40(33(41)44)24-10-11-26(27(36)17-24)23-18-38-46-19-23/h10-15,17-19,22,29H,8-9,16H2,1-7H3/t22-,29+/m1/s1. The molecule has 1 aliphatic heterocycles. The molecule has 0 unspecified atom stereocenters. The summed E-state index contributed by atoms with van der Waals surface area (Å²) in [5.74, 6) is -0.439. The van der Waals surface area contributed by atoms with Crippen LogP contribution in [0.2, 0.25) is 0 Å². The number of ether oxygens (including phenoxy) is 1. The van der Waals surface area contributed by atoms with Gasteiger partial charge in [0.15, 0.2) is 0 Å². The van der Waals surface area contributed by atoms with E-state index in [0.29, 0.717) is 52.3 Å². The summed E-state index contributed by atoms with van der Waals surface area (Å²) in [6.07, 6.45) is 7.21. The lowest BCUT2D eigenvalue weighted by molar-refractivity contribution is 0.00231. The number of nitrogens with zero attached hydrogens (tertiary/aromatic N) is 6. The number of amides is 1. The lowest BCUT2D eigenvalue weighted by Gasteiger charge is -2.41. The third-order valence-electron chi connectivity index (χ3n) is 8.42. The van der Waals surface area contributed by atoms with Crippen molar-refractivity contribution in [3.8, 4) is 28.3 Å². The molecule has 1 amide bonds. The van der Waals surface area contributed by atoms with E-state index in [1.807, 2.05) is 34.6 Å². The van der Waals surface area contributed by atoms with Gasteiger partial charge in [-0.1, -0.05) is 18.5 Å². The van der Waals surface area contributed by atoms with Gasteiger partial charge in [-0.2, -0.15) is 5.10 Å². The molecule has 0 spiro atoms. The van der Waals surface area contributed by atoms with Crippen molar-refractivity contribution in [3.63, 3.8) is 0 Å². The quantitative estimate of drug-likeness (QED) is 0.191. The van der Waals surface area contributed by atoms with Crippen LogP contribution < -0.4 is 5.69 Å². The molecule has 0 N–H and O–H groups in total. The number of aryl methyl sites for hydroxylation is 2. The van der Waals surface area contributed by atoms with Crippen molar-refractivity contribution >= 4 is 6.09 Å². The normalized spacial score (nSPS) is 16.4. The van der Waals surface area contributed by atoms with Crippen LogP contribution >= 0.6 is 0 Å². The number of rotatable bonds is 6. The molecule has 5 aromatic rings. The van der Waals surface area contributed by atoms with Crippen LogP contribution in [-0.4, -0.2) is 46.7 Å². The Hall–Kier alpha value is -5.00. The van der Waals surface area contributed by atoms with Crippen molar-refractivity contribution in [2.75, 3.05) is 0 Å². The summed E-state index contributed by atoms with van der Waals surface area (Å²) in [7, 11) is 0. The number of hydrogen-bond acceptors (Lipinski definition) is 6. The number of halogens is 2. The Labute approximate surface area is 271 Å². The molecule has 0 aliphatic carbocycles. The first-order valence-electron chi connectivity index (χ1n) is 15.7. The highest BCUT2D eigenvalue weighted by Gasteiger charge is 2.42. The highest BCUT2D eigenvalue weighted by atomic mass is 19.1. The third kappa shape index (κ3) is 5.77. The van der Waals surface area contributed by atoms with E-state index in [9.17, 15) is 14.0 Å². The SMILES string of the molecule is CCC[C@H]1c2c(nn(-c3cc(C)c(F)c(C)c3)c2-n2ccn(-c3ccc(-c4cnoc4)c(F)c3)c2=O)C[C@@H](C)N1C(=O)OC(C)(C)C. The third-order valence-corrected chi connectivity index (χ3v) is 8.42. The van der Waals surface area contributed by atoms with E-state index in [4.69, 9.17) is 14.4 Å². The summed E-state index contributed by atoms with van der Waals surface area (Å²) in [5.41, 5.74) is 2.77. The summed E-state index contributed by atoms with van der Waals surface area (Å²) < 4.78 is 45.2. The van der Waals surface area contributed by atoms with Gasteiger partial charge in [0.1, 0.15) is 29.3 Å². The summed E-state index contributed by atoms with van der Waals surface area (Å²) in [6, 6.07) is 7.16. The van der Waals surface area contributed by atoms with E-state index in [1.54, 1.807) is 60.1 Å². The molecular weight excluding hydrogens is 606 g/mol. The predicted octanol–water partition coefficient (Wildman–Crippen LogP) is 7.39. The van der Waals surface area contributed by atoms with E-state index in [0.717, 1.165) is 12.1 Å².